The fourth-order valence-corrected chi connectivity index (χ4v) is 1.96. The molecule has 0 saturated heterocycles. The Morgan fingerprint density at radius 3 is 2.57 bits per heavy atom. The minimum atomic E-state index is -0.350. The van der Waals surface area contributed by atoms with Gasteiger partial charge in [0.1, 0.15) is 5.76 Å². The van der Waals surface area contributed by atoms with Crippen molar-refractivity contribution >= 4 is 29.1 Å². The molecule has 1 heterocycles. The van der Waals surface area contributed by atoms with Crippen LogP contribution < -0.4 is 5.32 Å². The molecule has 1 N–H and O–H groups in total. The third kappa shape index (κ3) is 3.86. The van der Waals surface area contributed by atoms with Crippen LogP contribution in [0.25, 0.3) is 0 Å². The highest BCUT2D eigenvalue weighted by Crippen LogP contribution is 2.20. The molecule has 0 atom stereocenters. The SMILES string of the molecule is Cc1ccc(C(=O)N(C)CC(=O)Nc2ccccc2Cl)o1. The second-order valence-corrected chi connectivity index (χ2v) is 5.01. The average Bonchev–Trinajstić information content (AvgIpc) is 2.87. The van der Waals surface area contributed by atoms with Gasteiger partial charge in [0.05, 0.1) is 17.3 Å². The van der Waals surface area contributed by atoms with Crippen LogP contribution in [0.5, 0.6) is 0 Å². The first-order valence-corrected chi connectivity index (χ1v) is 6.71. The normalized spacial score (nSPS) is 10.2. The number of furan rings is 1. The number of carbonyl (C=O) groups excluding carboxylic acids is 2. The Morgan fingerprint density at radius 2 is 1.95 bits per heavy atom. The first kappa shape index (κ1) is 15.1. The van der Waals surface area contributed by atoms with Crippen LogP contribution in [0.2, 0.25) is 5.02 Å². The summed E-state index contributed by atoms with van der Waals surface area (Å²) in [6.45, 7) is 1.66. The first-order valence-electron chi connectivity index (χ1n) is 6.33. The number of anilines is 1. The fraction of sp³-hybridized carbons (Fsp3) is 0.200. The van der Waals surface area contributed by atoms with Crippen molar-refractivity contribution in [3.05, 3.63) is 52.9 Å². The Labute approximate surface area is 127 Å². The lowest BCUT2D eigenvalue weighted by Gasteiger charge is -2.15. The molecule has 0 aliphatic carbocycles. The van der Waals surface area contributed by atoms with Gasteiger partial charge in [-0.15, -0.1) is 0 Å². The van der Waals surface area contributed by atoms with Crippen molar-refractivity contribution in [3.63, 3.8) is 0 Å². The van der Waals surface area contributed by atoms with Gasteiger partial charge in [0.2, 0.25) is 5.91 Å². The van der Waals surface area contributed by atoms with Crippen LogP contribution in [0.4, 0.5) is 5.69 Å². The minimum Gasteiger partial charge on any atom is -0.456 e. The Morgan fingerprint density at radius 1 is 1.24 bits per heavy atom. The van der Waals surface area contributed by atoms with Crippen LogP contribution in [0.1, 0.15) is 16.3 Å². The Bertz CT molecular complexity index is 666. The summed E-state index contributed by atoms with van der Waals surface area (Å²) < 4.78 is 5.24. The summed E-state index contributed by atoms with van der Waals surface area (Å²) in [6, 6.07) is 10.2. The van der Waals surface area contributed by atoms with Gasteiger partial charge in [0.25, 0.3) is 5.91 Å². The second-order valence-electron chi connectivity index (χ2n) is 4.60. The lowest BCUT2D eigenvalue weighted by molar-refractivity contribution is -0.116. The van der Waals surface area contributed by atoms with E-state index in [9.17, 15) is 9.59 Å². The van der Waals surface area contributed by atoms with E-state index in [1.165, 1.54) is 11.9 Å². The van der Waals surface area contributed by atoms with Crippen molar-refractivity contribution in [3.8, 4) is 0 Å². The van der Waals surface area contributed by atoms with Crippen LogP contribution in [-0.4, -0.2) is 30.3 Å². The highest BCUT2D eigenvalue weighted by molar-refractivity contribution is 6.33. The van der Waals surface area contributed by atoms with E-state index in [4.69, 9.17) is 16.0 Å². The second kappa shape index (κ2) is 6.45. The summed E-state index contributed by atoms with van der Waals surface area (Å²) in [5.74, 6) is 0.174. The van der Waals surface area contributed by atoms with Gasteiger partial charge in [0.15, 0.2) is 5.76 Å². The summed E-state index contributed by atoms with van der Waals surface area (Å²) in [6.07, 6.45) is 0. The van der Waals surface area contributed by atoms with E-state index in [0.29, 0.717) is 16.5 Å². The molecule has 1 aromatic heterocycles. The number of para-hydroxylation sites is 1. The third-order valence-corrected chi connectivity index (χ3v) is 3.16. The zero-order valence-corrected chi connectivity index (χ0v) is 12.5. The van der Waals surface area contributed by atoms with Gasteiger partial charge in [-0.3, -0.25) is 9.59 Å². The Balaban J connectivity index is 1.96. The van der Waals surface area contributed by atoms with Crippen LogP contribution in [0, 0.1) is 6.92 Å². The van der Waals surface area contributed by atoms with Gasteiger partial charge in [-0.25, -0.2) is 0 Å². The standard InChI is InChI=1S/C15H15ClN2O3/c1-10-7-8-13(21-10)15(20)18(2)9-14(19)17-12-6-4-3-5-11(12)16/h3-8H,9H2,1-2H3,(H,17,19). The van der Waals surface area contributed by atoms with E-state index in [2.05, 4.69) is 5.32 Å². The zero-order valence-electron chi connectivity index (χ0n) is 11.7. The van der Waals surface area contributed by atoms with Crippen molar-refractivity contribution in [2.75, 3.05) is 18.9 Å². The summed E-state index contributed by atoms with van der Waals surface area (Å²) in [7, 11) is 1.53. The number of likely N-dealkylation sites (N-methyl/N-ethyl adjacent to an activating group) is 1. The molecule has 21 heavy (non-hydrogen) atoms. The molecule has 2 amide bonds. The number of rotatable bonds is 4. The number of halogens is 1. The van der Waals surface area contributed by atoms with E-state index in [1.54, 1.807) is 43.3 Å². The lowest BCUT2D eigenvalue weighted by Crippen LogP contribution is -2.34. The highest BCUT2D eigenvalue weighted by atomic mass is 35.5. The molecule has 0 bridgehead atoms. The topological polar surface area (TPSA) is 62.6 Å². The molecule has 2 aromatic rings. The molecule has 5 nitrogen and oxygen atoms in total. The van der Waals surface area contributed by atoms with Crippen molar-refractivity contribution in [1.29, 1.82) is 0 Å². The zero-order chi connectivity index (χ0) is 15.4. The van der Waals surface area contributed by atoms with E-state index in [0.717, 1.165) is 0 Å². The lowest BCUT2D eigenvalue weighted by atomic mass is 10.3. The molecule has 0 unspecified atom stereocenters. The molecular weight excluding hydrogens is 292 g/mol. The molecule has 0 saturated carbocycles. The first-order chi connectivity index (χ1) is 9.97. The van der Waals surface area contributed by atoms with Crippen molar-refractivity contribution in [2.45, 2.75) is 6.92 Å². The number of nitrogens with one attached hydrogen (secondary N) is 1. The van der Waals surface area contributed by atoms with Crippen LogP contribution in [-0.2, 0) is 4.79 Å². The maximum atomic E-state index is 12.0. The van der Waals surface area contributed by atoms with Gasteiger partial charge < -0.3 is 14.6 Å². The fourth-order valence-electron chi connectivity index (χ4n) is 1.78. The van der Waals surface area contributed by atoms with E-state index in [-0.39, 0.29) is 24.1 Å². The smallest absolute Gasteiger partial charge is 0.289 e. The number of benzene rings is 1. The van der Waals surface area contributed by atoms with Crippen molar-refractivity contribution in [1.82, 2.24) is 4.90 Å². The predicted molar refractivity (Wildman–Crippen MR) is 80.5 cm³/mol. The predicted octanol–water partition coefficient (Wildman–Crippen LogP) is 2.95. The Hall–Kier alpha value is -2.27. The van der Waals surface area contributed by atoms with E-state index >= 15 is 0 Å². The van der Waals surface area contributed by atoms with Crippen LogP contribution in [0.3, 0.4) is 0 Å². The van der Waals surface area contributed by atoms with E-state index in [1.807, 2.05) is 0 Å². The molecule has 0 aliphatic heterocycles. The molecular formula is C15H15ClN2O3. The van der Waals surface area contributed by atoms with Gasteiger partial charge in [-0.2, -0.15) is 0 Å². The number of carbonyl (C=O) groups is 2. The van der Waals surface area contributed by atoms with Gasteiger partial charge in [0, 0.05) is 7.05 Å². The molecule has 2 rings (SSSR count). The monoisotopic (exact) mass is 306 g/mol. The molecule has 0 radical (unpaired) electrons. The number of hydrogen-bond donors (Lipinski definition) is 1. The highest BCUT2D eigenvalue weighted by Gasteiger charge is 2.18. The number of hydrogen-bond acceptors (Lipinski definition) is 3. The third-order valence-electron chi connectivity index (χ3n) is 2.83. The molecule has 110 valence electrons. The van der Waals surface area contributed by atoms with Gasteiger partial charge in [-0.1, -0.05) is 23.7 Å². The van der Waals surface area contributed by atoms with E-state index < -0.39 is 0 Å². The number of nitrogens with zero attached hydrogens (tertiary/aromatic N) is 1. The summed E-state index contributed by atoms with van der Waals surface area (Å²) >= 11 is 5.96. The number of aryl methyl sites for hydroxylation is 1. The van der Waals surface area contributed by atoms with Crippen LogP contribution in [0.15, 0.2) is 40.8 Å². The number of amides is 2. The largest absolute Gasteiger partial charge is 0.456 e. The van der Waals surface area contributed by atoms with Crippen molar-refractivity contribution in [2.24, 2.45) is 0 Å². The van der Waals surface area contributed by atoms with Gasteiger partial charge >= 0.3 is 0 Å². The minimum absolute atomic E-state index is 0.0934. The van der Waals surface area contributed by atoms with Gasteiger partial charge in [-0.05, 0) is 31.2 Å². The quantitative estimate of drug-likeness (QED) is 0.944. The van der Waals surface area contributed by atoms with Crippen molar-refractivity contribution < 1.29 is 14.0 Å². The summed E-state index contributed by atoms with van der Waals surface area (Å²) in [4.78, 5) is 25.2. The molecule has 6 heteroatoms. The van der Waals surface area contributed by atoms with Crippen LogP contribution >= 0.6 is 11.6 Å². The molecule has 0 spiro atoms. The Kier molecular flexibility index (Phi) is 4.65. The maximum absolute atomic E-state index is 12.0. The average molecular weight is 307 g/mol. The summed E-state index contributed by atoms with van der Waals surface area (Å²) in [5.41, 5.74) is 0.513. The molecule has 1 aromatic carbocycles. The molecule has 0 aliphatic rings. The summed E-state index contributed by atoms with van der Waals surface area (Å²) in [5, 5.41) is 3.10. The molecule has 0 fully saturated rings. The maximum Gasteiger partial charge on any atom is 0.289 e.